The second-order valence-corrected chi connectivity index (χ2v) is 8.35. The lowest BCUT2D eigenvalue weighted by molar-refractivity contribution is 0.0734. The maximum absolute atomic E-state index is 6.19. The van der Waals surface area contributed by atoms with Gasteiger partial charge in [0.25, 0.3) is 0 Å². The number of hydrogen-bond donors (Lipinski definition) is 1. The van der Waals surface area contributed by atoms with Crippen LogP contribution in [0, 0.1) is 5.41 Å². The Morgan fingerprint density at radius 3 is 2.60 bits per heavy atom. The monoisotopic (exact) mass is 338 g/mol. The second kappa shape index (κ2) is 5.78. The third kappa shape index (κ3) is 3.44. The predicted octanol–water partition coefficient (Wildman–Crippen LogP) is 3.61. The number of halogens is 1. The third-order valence-electron chi connectivity index (χ3n) is 4.45. The molecule has 0 saturated carbocycles. The third-order valence-corrected chi connectivity index (χ3v) is 4.94. The summed E-state index contributed by atoms with van der Waals surface area (Å²) >= 11 is 3.57. The molecular weight excluding hydrogens is 312 g/mol. The minimum absolute atomic E-state index is 0.119. The Labute approximate surface area is 131 Å². The fraction of sp³-hybridized carbons (Fsp3) is 0.647. The number of aryl methyl sites for hydroxylation is 1. The van der Waals surface area contributed by atoms with E-state index in [4.69, 9.17) is 5.73 Å². The normalized spacial score (nSPS) is 22.9. The molecule has 0 fully saturated rings. The van der Waals surface area contributed by atoms with Crippen LogP contribution in [0.15, 0.2) is 22.7 Å². The number of nitrogens with zero attached hydrogens (tertiary/aromatic N) is 1. The number of benzene rings is 1. The first-order valence-electron chi connectivity index (χ1n) is 7.44. The van der Waals surface area contributed by atoms with Gasteiger partial charge < -0.3 is 5.73 Å². The molecule has 1 aromatic carbocycles. The Morgan fingerprint density at radius 2 is 2.00 bits per heavy atom. The zero-order valence-corrected chi connectivity index (χ0v) is 14.8. The average molecular weight is 339 g/mol. The molecule has 1 aliphatic carbocycles. The summed E-state index contributed by atoms with van der Waals surface area (Å²) in [5, 5.41) is 0. The molecule has 0 aliphatic heterocycles. The molecule has 2 rings (SSSR count). The minimum atomic E-state index is 0.119. The van der Waals surface area contributed by atoms with Crippen LogP contribution in [0.2, 0.25) is 0 Å². The van der Waals surface area contributed by atoms with Crippen molar-refractivity contribution < 1.29 is 0 Å². The first kappa shape index (κ1) is 16.0. The lowest BCUT2D eigenvalue weighted by atomic mass is 9.76. The molecule has 3 heteroatoms. The van der Waals surface area contributed by atoms with Gasteiger partial charge in [-0.15, -0.1) is 0 Å². The fourth-order valence-electron chi connectivity index (χ4n) is 3.35. The van der Waals surface area contributed by atoms with E-state index in [2.05, 4.69) is 66.8 Å². The largest absolute Gasteiger partial charge is 0.329 e. The van der Waals surface area contributed by atoms with Crippen molar-refractivity contribution in [2.45, 2.75) is 45.6 Å². The predicted molar refractivity (Wildman–Crippen MR) is 90.0 cm³/mol. The summed E-state index contributed by atoms with van der Waals surface area (Å²) in [4.78, 5) is 2.50. The Bertz CT molecular complexity index is 478. The van der Waals surface area contributed by atoms with E-state index >= 15 is 0 Å². The van der Waals surface area contributed by atoms with E-state index < -0.39 is 0 Å². The Kier molecular flexibility index (Phi) is 4.63. The Balaban J connectivity index is 2.24. The van der Waals surface area contributed by atoms with Crippen molar-refractivity contribution in [2.75, 3.05) is 20.1 Å². The van der Waals surface area contributed by atoms with Gasteiger partial charge in [-0.3, -0.25) is 4.90 Å². The Hall–Kier alpha value is -0.380. The molecule has 1 aromatic rings. The summed E-state index contributed by atoms with van der Waals surface area (Å²) in [6.07, 6.45) is 3.35. The standard InChI is InChI=1S/C17H27BrN2/c1-16(2,3)12-20(4)17(11-19)8-7-13-9-15(18)6-5-14(13)10-17/h5-6,9H,7-8,10-12,19H2,1-4H3. The van der Waals surface area contributed by atoms with Crippen molar-refractivity contribution in [3.05, 3.63) is 33.8 Å². The zero-order valence-electron chi connectivity index (χ0n) is 13.2. The lowest BCUT2D eigenvalue weighted by Crippen LogP contribution is -2.57. The molecule has 0 saturated heterocycles. The van der Waals surface area contributed by atoms with Gasteiger partial charge in [-0.05, 0) is 55.0 Å². The molecule has 0 radical (unpaired) electrons. The van der Waals surface area contributed by atoms with E-state index in [9.17, 15) is 0 Å². The zero-order chi connectivity index (χ0) is 15.0. The number of nitrogens with two attached hydrogens (primary N) is 1. The van der Waals surface area contributed by atoms with Gasteiger partial charge in [0.1, 0.15) is 0 Å². The molecular formula is C17H27BrN2. The van der Waals surface area contributed by atoms with E-state index in [1.54, 1.807) is 0 Å². The first-order valence-corrected chi connectivity index (χ1v) is 8.24. The van der Waals surface area contributed by atoms with E-state index in [0.29, 0.717) is 5.41 Å². The summed E-state index contributed by atoms with van der Waals surface area (Å²) in [5.74, 6) is 0. The van der Waals surface area contributed by atoms with Gasteiger partial charge in [-0.25, -0.2) is 0 Å². The van der Waals surface area contributed by atoms with Crippen LogP contribution in [-0.2, 0) is 12.8 Å². The van der Waals surface area contributed by atoms with Crippen LogP contribution in [0.25, 0.3) is 0 Å². The fourth-order valence-corrected chi connectivity index (χ4v) is 3.75. The SMILES string of the molecule is CN(CC(C)(C)C)C1(CN)CCc2cc(Br)ccc2C1. The van der Waals surface area contributed by atoms with E-state index in [1.165, 1.54) is 15.6 Å². The average Bonchev–Trinajstić information content (AvgIpc) is 2.36. The Morgan fingerprint density at radius 1 is 1.30 bits per heavy atom. The molecule has 0 bridgehead atoms. The number of likely N-dealkylation sites (N-methyl/N-ethyl adjacent to an activating group) is 1. The van der Waals surface area contributed by atoms with Crippen LogP contribution in [0.1, 0.15) is 38.3 Å². The minimum Gasteiger partial charge on any atom is -0.329 e. The van der Waals surface area contributed by atoms with Gasteiger partial charge in [0.2, 0.25) is 0 Å². The highest BCUT2D eigenvalue weighted by Crippen LogP contribution is 2.34. The highest BCUT2D eigenvalue weighted by Gasteiger charge is 2.38. The molecule has 1 atom stereocenters. The van der Waals surface area contributed by atoms with E-state index in [-0.39, 0.29) is 5.54 Å². The molecule has 1 unspecified atom stereocenters. The molecule has 0 amide bonds. The van der Waals surface area contributed by atoms with Crippen molar-refractivity contribution >= 4 is 15.9 Å². The van der Waals surface area contributed by atoms with Gasteiger partial charge in [0.15, 0.2) is 0 Å². The first-order chi connectivity index (χ1) is 9.26. The van der Waals surface area contributed by atoms with E-state index in [1.807, 2.05) is 0 Å². The van der Waals surface area contributed by atoms with Gasteiger partial charge in [0.05, 0.1) is 0 Å². The molecule has 2 N–H and O–H groups in total. The molecule has 0 aromatic heterocycles. The molecule has 0 spiro atoms. The molecule has 2 nitrogen and oxygen atoms in total. The van der Waals surface area contributed by atoms with Crippen molar-refractivity contribution in [1.29, 1.82) is 0 Å². The maximum Gasteiger partial charge on any atom is 0.0372 e. The van der Waals surface area contributed by atoms with E-state index in [0.717, 1.165) is 32.4 Å². The highest BCUT2D eigenvalue weighted by atomic mass is 79.9. The molecule has 20 heavy (non-hydrogen) atoms. The summed E-state index contributed by atoms with van der Waals surface area (Å²) in [7, 11) is 2.24. The van der Waals surface area contributed by atoms with Gasteiger partial charge in [-0.2, -0.15) is 0 Å². The summed E-state index contributed by atoms with van der Waals surface area (Å²) in [6, 6.07) is 6.67. The smallest absolute Gasteiger partial charge is 0.0372 e. The van der Waals surface area contributed by atoms with Crippen LogP contribution in [0.4, 0.5) is 0 Å². The van der Waals surface area contributed by atoms with Crippen LogP contribution < -0.4 is 5.73 Å². The van der Waals surface area contributed by atoms with Gasteiger partial charge >= 0.3 is 0 Å². The summed E-state index contributed by atoms with van der Waals surface area (Å²) < 4.78 is 1.18. The van der Waals surface area contributed by atoms with Crippen LogP contribution in [0.3, 0.4) is 0 Å². The lowest BCUT2D eigenvalue weighted by Gasteiger charge is -2.46. The summed E-state index contributed by atoms with van der Waals surface area (Å²) in [5.41, 5.74) is 9.56. The van der Waals surface area contributed by atoms with Crippen molar-refractivity contribution in [2.24, 2.45) is 11.1 Å². The molecule has 1 aliphatic rings. The quantitative estimate of drug-likeness (QED) is 0.911. The number of hydrogen-bond acceptors (Lipinski definition) is 2. The van der Waals surface area contributed by atoms with Gasteiger partial charge in [0, 0.05) is 23.1 Å². The van der Waals surface area contributed by atoms with Crippen molar-refractivity contribution in [3.63, 3.8) is 0 Å². The van der Waals surface area contributed by atoms with Crippen molar-refractivity contribution in [3.8, 4) is 0 Å². The number of fused-ring (bicyclic) bond motifs is 1. The topological polar surface area (TPSA) is 29.3 Å². The molecule has 112 valence electrons. The van der Waals surface area contributed by atoms with Crippen molar-refractivity contribution in [1.82, 2.24) is 4.90 Å². The van der Waals surface area contributed by atoms with Crippen LogP contribution in [-0.4, -0.2) is 30.6 Å². The van der Waals surface area contributed by atoms with Gasteiger partial charge in [-0.1, -0.05) is 42.8 Å². The maximum atomic E-state index is 6.19. The molecule has 0 heterocycles. The highest BCUT2D eigenvalue weighted by molar-refractivity contribution is 9.10. The second-order valence-electron chi connectivity index (χ2n) is 7.43. The van der Waals surface area contributed by atoms with Crippen LogP contribution >= 0.6 is 15.9 Å². The number of rotatable bonds is 3. The van der Waals surface area contributed by atoms with Crippen LogP contribution in [0.5, 0.6) is 0 Å². The summed E-state index contributed by atoms with van der Waals surface area (Å²) in [6.45, 7) is 8.69.